The summed E-state index contributed by atoms with van der Waals surface area (Å²) in [5.74, 6) is -0.305. The molecule has 0 heterocycles. The lowest BCUT2D eigenvalue weighted by molar-refractivity contribution is -0.137. The molecule has 0 unspecified atom stereocenters. The summed E-state index contributed by atoms with van der Waals surface area (Å²) >= 11 is 0. The maximum absolute atomic E-state index is 12.5. The van der Waals surface area contributed by atoms with Gasteiger partial charge in [0, 0.05) is 0 Å². The number of hydrogen-bond donors (Lipinski definition) is 2. The van der Waals surface area contributed by atoms with E-state index in [4.69, 9.17) is 5.73 Å². The topological polar surface area (TPSA) is 58.4 Å². The number of benzene rings is 1. The number of rotatable bonds is 5. The fourth-order valence-corrected chi connectivity index (χ4v) is 1.69. The average Bonchev–Trinajstić information content (AvgIpc) is 2.37. The first-order chi connectivity index (χ1) is 9.27. The minimum atomic E-state index is -4.45. The van der Waals surface area contributed by atoms with Gasteiger partial charge in [-0.1, -0.05) is 13.8 Å². The van der Waals surface area contributed by atoms with Crippen molar-refractivity contribution in [3.63, 3.8) is 0 Å². The van der Waals surface area contributed by atoms with Gasteiger partial charge in [-0.25, -0.2) is 0 Å². The van der Waals surface area contributed by atoms with Crippen molar-refractivity contribution in [3.8, 4) is 0 Å². The Bertz CT molecular complexity index is 470. The maximum atomic E-state index is 12.5. The molecule has 0 aliphatic rings. The third-order valence-electron chi connectivity index (χ3n) is 2.91. The molecule has 0 saturated heterocycles. The summed E-state index contributed by atoms with van der Waals surface area (Å²) in [6, 6.07) is 2.87. The van der Waals surface area contributed by atoms with Crippen LogP contribution in [0.1, 0.15) is 19.4 Å². The van der Waals surface area contributed by atoms with Gasteiger partial charge in [0.1, 0.15) is 0 Å². The molecule has 0 fully saturated rings. The SMILES string of the molecule is CCN(CC)CC(=O)Nc1ccc(C(F)(F)F)cc1N. The molecule has 112 valence electrons. The quantitative estimate of drug-likeness (QED) is 0.819. The first kappa shape index (κ1) is 16.3. The Morgan fingerprint density at radius 2 is 1.90 bits per heavy atom. The van der Waals surface area contributed by atoms with Gasteiger partial charge in [-0.3, -0.25) is 9.69 Å². The normalized spacial score (nSPS) is 11.7. The van der Waals surface area contributed by atoms with Crippen LogP contribution in [0.3, 0.4) is 0 Å². The van der Waals surface area contributed by atoms with Gasteiger partial charge in [-0.2, -0.15) is 13.2 Å². The van der Waals surface area contributed by atoms with E-state index in [1.807, 2.05) is 18.7 Å². The minimum absolute atomic E-state index is 0.104. The standard InChI is InChI=1S/C13H18F3N3O/c1-3-19(4-2)8-12(20)18-11-6-5-9(7-10(11)17)13(14,15)16/h5-7H,3-4,8,17H2,1-2H3,(H,18,20). The highest BCUT2D eigenvalue weighted by molar-refractivity contribution is 5.95. The zero-order valence-corrected chi connectivity index (χ0v) is 11.4. The van der Waals surface area contributed by atoms with E-state index in [0.29, 0.717) is 13.1 Å². The fraction of sp³-hybridized carbons (Fsp3) is 0.462. The molecule has 20 heavy (non-hydrogen) atoms. The third kappa shape index (κ3) is 4.41. The number of alkyl halides is 3. The number of carbonyl (C=O) groups excluding carboxylic acids is 1. The zero-order chi connectivity index (χ0) is 15.3. The summed E-state index contributed by atoms with van der Waals surface area (Å²) in [6.07, 6.45) is -4.45. The summed E-state index contributed by atoms with van der Waals surface area (Å²) in [5.41, 5.74) is 4.78. The highest BCUT2D eigenvalue weighted by Crippen LogP contribution is 2.32. The highest BCUT2D eigenvalue weighted by Gasteiger charge is 2.30. The van der Waals surface area contributed by atoms with Gasteiger partial charge in [-0.15, -0.1) is 0 Å². The molecule has 1 rings (SSSR count). The largest absolute Gasteiger partial charge is 0.416 e. The Kier molecular flexibility index (Phi) is 5.38. The number of amides is 1. The van der Waals surface area contributed by atoms with Crippen molar-refractivity contribution in [2.45, 2.75) is 20.0 Å². The molecule has 0 aliphatic carbocycles. The van der Waals surface area contributed by atoms with Crippen LogP contribution in [0.15, 0.2) is 18.2 Å². The van der Waals surface area contributed by atoms with E-state index in [9.17, 15) is 18.0 Å². The molecule has 0 atom stereocenters. The number of anilines is 2. The molecule has 0 radical (unpaired) electrons. The van der Waals surface area contributed by atoms with Crippen LogP contribution in [0.25, 0.3) is 0 Å². The molecule has 4 nitrogen and oxygen atoms in total. The van der Waals surface area contributed by atoms with Crippen LogP contribution >= 0.6 is 0 Å². The molecule has 1 aromatic rings. The number of nitrogens with zero attached hydrogens (tertiary/aromatic N) is 1. The smallest absolute Gasteiger partial charge is 0.397 e. The van der Waals surface area contributed by atoms with Crippen LogP contribution in [0.5, 0.6) is 0 Å². The number of halogens is 3. The molecule has 0 saturated carbocycles. The molecule has 0 spiro atoms. The molecular weight excluding hydrogens is 271 g/mol. The van der Waals surface area contributed by atoms with Crippen molar-refractivity contribution in [2.75, 3.05) is 30.7 Å². The van der Waals surface area contributed by atoms with E-state index in [2.05, 4.69) is 5.32 Å². The van der Waals surface area contributed by atoms with Gasteiger partial charge in [0.05, 0.1) is 23.5 Å². The maximum Gasteiger partial charge on any atom is 0.416 e. The minimum Gasteiger partial charge on any atom is -0.397 e. The Hall–Kier alpha value is -1.76. The van der Waals surface area contributed by atoms with E-state index >= 15 is 0 Å². The number of nitrogen functional groups attached to an aromatic ring is 1. The van der Waals surface area contributed by atoms with Crippen LogP contribution in [-0.2, 0) is 11.0 Å². The first-order valence-corrected chi connectivity index (χ1v) is 6.26. The zero-order valence-electron chi connectivity index (χ0n) is 11.4. The van der Waals surface area contributed by atoms with E-state index in [-0.39, 0.29) is 23.8 Å². The Morgan fingerprint density at radius 3 is 2.35 bits per heavy atom. The molecule has 1 aromatic carbocycles. The molecular formula is C13H18F3N3O. The Labute approximate surface area is 115 Å². The summed E-state index contributed by atoms with van der Waals surface area (Å²) in [5, 5.41) is 2.52. The summed E-state index contributed by atoms with van der Waals surface area (Å²) in [6.45, 7) is 5.44. The summed E-state index contributed by atoms with van der Waals surface area (Å²) in [4.78, 5) is 13.6. The van der Waals surface area contributed by atoms with Crippen LogP contribution in [0.4, 0.5) is 24.5 Å². The second kappa shape index (κ2) is 6.60. The van der Waals surface area contributed by atoms with Crippen LogP contribution in [0, 0.1) is 0 Å². The number of likely N-dealkylation sites (N-methyl/N-ethyl adjacent to an activating group) is 1. The first-order valence-electron chi connectivity index (χ1n) is 6.26. The Morgan fingerprint density at radius 1 is 1.30 bits per heavy atom. The van der Waals surface area contributed by atoms with Crippen LogP contribution in [-0.4, -0.2) is 30.4 Å². The van der Waals surface area contributed by atoms with Crippen molar-refractivity contribution >= 4 is 17.3 Å². The molecule has 0 aromatic heterocycles. The number of nitrogens with one attached hydrogen (secondary N) is 1. The summed E-state index contributed by atoms with van der Waals surface area (Å²) < 4.78 is 37.4. The second-order valence-electron chi connectivity index (χ2n) is 4.31. The number of carbonyl (C=O) groups is 1. The molecule has 0 aliphatic heterocycles. The van der Waals surface area contributed by atoms with Gasteiger partial charge in [0.15, 0.2) is 0 Å². The lowest BCUT2D eigenvalue weighted by atomic mass is 10.1. The van der Waals surface area contributed by atoms with E-state index in [0.717, 1.165) is 18.2 Å². The lowest BCUT2D eigenvalue weighted by Gasteiger charge is -2.18. The van der Waals surface area contributed by atoms with Crippen molar-refractivity contribution in [1.29, 1.82) is 0 Å². The van der Waals surface area contributed by atoms with Crippen molar-refractivity contribution in [2.24, 2.45) is 0 Å². The fourth-order valence-electron chi connectivity index (χ4n) is 1.69. The van der Waals surface area contributed by atoms with Gasteiger partial charge < -0.3 is 11.1 Å². The van der Waals surface area contributed by atoms with Crippen molar-refractivity contribution in [1.82, 2.24) is 4.90 Å². The van der Waals surface area contributed by atoms with Gasteiger partial charge in [0.25, 0.3) is 0 Å². The van der Waals surface area contributed by atoms with Crippen LogP contribution in [0.2, 0.25) is 0 Å². The summed E-state index contributed by atoms with van der Waals surface area (Å²) in [7, 11) is 0. The van der Waals surface area contributed by atoms with E-state index in [1.165, 1.54) is 0 Å². The second-order valence-corrected chi connectivity index (χ2v) is 4.31. The highest BCUT2D eigenvalue weighted by atomic mass is 19.4. The van der Waals surface area contributed by atoms with Gasteiger partial charge >= 0.3 is 6.18 Å². The molecule has 1 amide bonds. The van der Waals surface area contributed by atoms with Crippen molar-refractivity contribution in [3.05, 3.63) is 23.8 Å². The number of nitrogens with two attached hydrogens (primary N) is 1. The van der Waals surface area contributed by atoms with Gasteiger partial charge in [0.2, 0.25) is 5.91 Å². The predicted octanol–water partition coefficient (Wildman–Crippen LogP) is 2.57. The molecule has 7 heteroatoms. The molecule has 0 bridgehead atoms. The number of hydrogen-bond acceptors (Lipinski definition) is 3. The van der Waals surface area contributed by atoms with Crippen LogP contribution < -0.4 is 11.1 Å². The van der Waals surface area contributed by atoms with Gasteiger partial charge in [-0.05, 0) is 31.3 Å². The van der Waals surface area contributed by atoms with E-state index < -0.39 is 11.7 Å². The van der Waals surface area contributed by atoms with E-state index in [1.54, 1.807) is 0 Å². The average molecular weight is 289 g/mol. The lowest BCUT2D eigenvalue weighted by Crippen LogP contribution is -2.33. The van der Waals surface area contributed by atoms with Crippen molar-refractivity contribution < 1.29 is 18.0 Å². The monoisotopic (exact) mass is 289 g/mol. The predicted molar refractivity (Wildman–Crippen MR) is 72.3 cm³/mol. The third-order valence-corrected chi connectivity index (χ3v) is 2.91. The Balaban J connectivity index is 2.76. The molecule has 3 N–H and O–H groups in total.